The van der Waals surface area contributed by atoms with E-state index in [2.05, 4.69) is 10.3 Å². The minimum absolute atomic E-state index is 0. The molecule has 1 N–H and O–H groups in total. The first-order chi connectivity index (χ1) is 15.2. The monoisotopic (exact) mass is 441 g/mol. The maximum absolute atomic E-state index is 12.7. The molecule has 3 aromatic carbocycles. The number of ether oxygens (including phenoxy) is 1. The number of carbonyl (C=O) groups is 1. The summed E-state index contributed by atoms with van der Waals surface area (Å²) in [4.78, 5) is 17.0. The van der Waals surface area contributed by atoms with E-state index < -0.39 is 5.91 Å². The van der Waals surface area contributed by atoms with Crippen LogP contribution in [0.25, 0.3) is 17.0 Å². The minimum atomic E-state index is -0.469. The van der Waals surface area contributed by atoms with Crippen molar-refractivity contribution in [1.29, 1.82) is 5.26 Å². The van der Waals surface area contributed by atoms with Crippen LogP contribution in [0, 0.1) is 11.3 Å². The molecule has 0 saturated carbocycles. The lowest BCUT2D eigenvalue weighted by Gasteiger charge is -2.08. The fourth-order valence-electron chi connectivity index (χ4n) is 3.12. The molecule has 0 unspecified atom stereocenters. The molecule has 32 heavy (non-hydrogen) atoms. The maximum atomic E-state index is 12.7. The summed E-state index contributed by atoms with van der Waals surface area (Å²) in [5.74, 6) is 0.246. The van der Waals surface area contributed by atoms with Gasteiger partial charge in [0.2, 0.25) is 0 Å². The summed E-state index contributed by atoms with van der Waals surface area (Å²) < 4.78 is 5.77. The Morgan fingerprint density at radius 2 is 1.75 bits per heavy atom. The lowest BCUT2D eigenvalue weighted by Crippen LogP contribution is -2.13. The summed E-state index contributed by atoms with van der Waals surface area (Å²) in [6, 6.07) is 28.3. The van der Waals surface area contributed by atoms with Crippen LogP contribution >= 0.6 is 12.4 Å². The van der Waals surface area contributed by atoms with Crippen LogP contribution < -0.4 is 10.1 Å². The molecular formula is C26H20ClN3O2. The van der Waals surface area contributed by atoms with Gasteiger partial charge in [0.25, 0.3) is 5.91 Å². The first-order valence-electron chi connectivity index (χ1n) is 9.76. The average Bonchev–Trinajstić information content (AvgIpc) is 2.83. The van der Waals surface area contributed by atoms with Crippen molar-refractivity contribution < 1.29 is 9.53 Å². The molecule has 0 saturated heterocycles. The first-order valence-corrected chi connectivity index (χ1v) is 9.76. The van der Waals surface area contributed by atoms with E-state index in [0.29, 0.717) is 18.0 Å². The summed E-state index contributed by atoms with van der Waals surface area (Å²) >= 11 is 0. The largest absolute Gasteiger partial charge is 0.489 e. The highest BCUT2D eigenvalue weighted by Crippen LogP contribution is 2.22. The van der Waals surface area contributed by atoms with Gasteiger partial charge in [-0.25, -0.2) is 0 Å². The molecule has 1 heterocycles. The number of carbonyl (C=O) groups excluding carboxylic acids is 1. The highest BCUT2D eigenvalue weighted by Gasteiger charge is 2.11. The lowest BCUT2D eigenvalue weighted by atomic mass is 10.1. The van der Waals surface area contributed by atoms with Crippen molar-refractivity contribution in [3.05, 3.63) is 108 Å². The number of pyridine rings is 1. The van der Waals surface area contributed by atoms with E-state index in [1.807, 2.05) is 78.9 Å². The molecule has 6 heteroatoms. The standard InChI is InChI=1S/C26H19N3O2.ClH/c27-17-21(26(30)29-25-10-4-9-24-23(25)8-5-15-28-24)16-19-11-13-22(14-12-19)31-18-20-6-2-1-3-7-20;/h1-16H,18H2,(H,29,30);1H. The second kappa shape index (κ2) is 10.8. The highest BCUT2D eigenvalue weighted by molar-refractivity contribution is 6.12. The van der Waals surface area contributed by atoms with Gasteiger partial charge in [-0.15, -0.1) is 12.4 Å². The van der Waals surface area contributed by atoms with Gasteiger partial charge < -0.3 is 10.1 Å². The van der Waals surface area contributed by atoms with Crippen LogP contribution in [0.5, 0.6) is 5.75 Å². The zero-order valence-corrected chi connectivity index (χ0v) is 17.9. The number of benzene rings is 3. The van der Waals surface area contributed by atoms with E-state index in [1.54, 1.807) is 24.4 Å². The number of hydrogen-bond donors (Lipinski definition) is 1. The van der Waals surface area contributed by atoms with Gasteiger partial charge in [-0.2, -0.15) is 5.26 Å². The molecule has 0 spiro atoms. The Morgan fingerprint density at radius 3 is 2.50 bits per heavy atom. The van der Waals surface area contributed by atoms with E-state index >= 15 is 0 Å². The molecule has 0 atom stereocenters. The fraction of sp³-hybridized carbons (Fsp3) is 0.0385. The number of anilines is 1. The van der Waals surface area contributed by atoms with Crippen molar-refractivity contribution in [2.45, 2.75) is 6.61 Å². The quantitative estimate of drug-likeness (QED) is 0.304. The van der Waals surface area contributed by atoms with E-state index in [1.165, 1.54) is 0 Å². The summed E-state index contributed by atoms with van der Waals surface area (Å²) in [7, 11) is 0. The maximum Gasteiger partial charge on any atom is 0.266 e. The fourth-order valence-corrected chi connectivity index (χ4v) is 3.12. The Labute approximate surface area is 192 Å². The van der Waals surface area contributed by atoms with Crippen LogP contribution in [0.3, 0.4) is 0 Å². The molecule has 0 fully saturated rings. The number of nitrogens with one attached hydrogen (secondary N) is 1. The number of fused-ring (bicyclic) bond motifs is 1. The molecule has 0 aliphatic rings. The number of rotatable bonds is 6. The normalized spacial score (nSPS) is 10.7. The van der Waals surface area contributed by atoms with Crippen molar-refractivity contribution in [3.8, 4) is 11.8 Å². The van der Waals surface area contributed by atoms with Crippen LogP contribution in [-0.2, 0) is 11.4 Å². The Morgan fingerprint density at radius 1 is 0.969 bits per heavy atom. The van der Waals surface area contributed by atoms with E-state index in [-0.39, 0.29) is 18.0 Å². The number of amides is 1. The van der Waals surface area contributed by atoms with E-state index in [0.717, 1.165) is 22.0 Å². The predicted octanol–water partition coefficient (Wildman–Crippen LogP) is 5.78. The van der Waals surface area contributed by atoms with Crippen molar-refractivity contribution in [2.75, 3.05) is 5.32 Å². The van der Waals surface area contributed by atoms with Gasteiger partial charge in [-0.1, -0.05) is 48.5 Å². The molecule has 0 aliphatic carbocycles. The SMILES string of the molecule is Cl.N#CC(=Cc1ccc(OCc2ccccc2)cc1)C(=O)Nc1cccc2ncccc12. The number of nitriles is 1. The number of halogens is 1. The molecule has 5 nitrogen and oxygen atoms in total. The molecule has 0 aliphatic heterocycles. The number of nitrogens with zero attached hydrogens (tertiary/aromatic N) is 2. The summed E-state index contributed by atoms with van der Waals surface area (Å²) in [6.45, 7) is 0.474. The van der Waals surface area contributed by atoms with Crippen LogP contribution in [0.15, 0.2) is 96.7 Å². The molecule has 1 amide bonds. The molecule has 4 aromatic rings. The summed E-state index contributed by atoms with van der Waals surface area (Å²) in [5, 5.41) is 13.1. The van der Waals surface area contributed by atoms with Crippen molar-refractivity contribution in [3.63, 3.8) is 0 Å². The third-order valence-corrected chi connectivity index (χ3v) is 4.70. The molecule has 158 valence electrons. The van der Waals surface area contributed by atoms with Gasteiger partial charge in [0.15, 0.2) is 0 Å². The van der Waals surface area contributed by atoms with Gasteiger partial charge in [-0.05, 0) is 53.6 Å². The van der Waals surface area contributed by atoms with Gasteiger partial charge in [0.1, 0.15) is 24.0 Å². The average molecular weight is 442 g/mol. The molecule has 1 aromatic heterocycles. The first kappa shape index (κ1) is 22.5. The second-order valence-corrected chi connectivity index (χ2v) is 6.84. The Hall–Kier alpha value is -4.14. The Kier molecular flexibility index (Phi) is 7.58. The predicted molar refractivity (Wildman–Crippen MR) is 128 cm³/mol. The summed E-state index contributed by atoms with van der Waals surface area (Å²) in [6.07, 6.45) is 3.25. The highest BCUT2D eigenvalue weighted by atomic mass is 35.5. The van der Waals surface area contributed by atoms with Crippen molar-refractivity contribution >= 4 is 41.0 Å². The smallest absolute Gasteiger partial charge is 0.266 e. The van der Waals surface area contributed by atoms with E-state index in [4.69, 9.17) is 4.74 Å². The van der Waals surface area contributed by atoms with Crippen molar-refractivity contribution in [2.24, 2.45) is 0 Å². The molecule has 0 bridgehead atoms. The molecular weight excluding hydrogens is 422 g/mol. The summed E-state index contributed by atoms with van der Waals surface area (Å²) in [5.41, 5.74) is 3.21. The number of aromatic nitrogens is 1. The second-order valence-electron chi connectivity index (χ2n) is 6.84. The van der Waals surface area contributed by atoms with Crippen molar-refractivity contribution in [1.82, 2.24) is 4.98 Å². The van der Waals surface area contributed by atoms with Gasteiger partial charge in [-0.3, -0.25) is 9.78 Å². The van der Waals surface area contributed by atoms with E-state index in [9.17, 15) is 10.1 Å². The third-order valence-electron chi connectivity index (χ3n) is 4.70. The van der Waals surface area contributed by atoms with Crippen LogP contribution in [0.1, 0.15) is 11.1 Å². The van der Waals surface area contributed by atoms with Gasteiger partial charge in [0.05, 0.1) is 11.2 Å². The third kappa shape index (κ3) is 5.51. The van der Waals surface area contributed by atoms with Crippen LogP contribution in [0.4, 0.5) is 5.69 Å². The lowest BCUT2D eigenvalue weighted by molar-refractivity contribution is -0.112. The van der Waals surface area contributed by atoms with Gasteiger partial charge >= 0.3 is 0 Å². The van der Waals surface area contributed by atoms with Crippen LogP contribution in [-0.4, -0.2) is 10.9 Å². The van der Waals surface area contributed by atoms with Gasteiger partial charge in [0, 0.05) is 11.6 Å². The zero-order valence-electron chi connectivity index (χ0n) is 17.1. The van der Waals surface area contributed by atoms with Crippen LogP contribution in [0.2, 0.25) is 0 Å². The molecule has 0 radical (unpaired) electrons. The Balaban J connectivity index is 0.00000289. The topological polar surface area (TPSA) is 75.0 Å². The minimum Gasteiger partial charge on any atom is -0.489 e. The Bertz CT molecular complexity index is 1270. The number of hydrogen-bond acceptors (Lipinski definition) is 4. The molecule has 4 rings (SSSR count). The zero-order chi connectivity index (χ0) is 21.5.